The van der Waals surface area contributed by atoms with E-state index in [0.717, 1.165) is 39.0 Å². The van der Waals surface area contributed by atoms with E-state index in [2.05, 4.69) is 16.0 Å². The second-order valence-corrected chi connectivity index (χ2v) is 25.5. The molecule has 6 amide bonds. The van der Waals surface area contributed by atoms with E-state index in [9.17, 15) is 115 Å². The van der Waals surface area contributed by atoms with Crippen LogP contribution in [0.5, 0.6) is 0 Å². The fourth-order valence-corrected chi connectivity index (χ4v) is 12.4. The minimum Gasteiger partial charge on any atom is -0.350 e. The van der Waals surface area contributed by atoms with Crippen molar-refractivity contribution in [2.45, 2.75) is 37.0 Å². The highest BCUT2D eigenvalue weighted by Gasteiger charge is 2.47. The SMILES string of the molecule is CC(=O)N(CCNC(=O)c1cc(C(=O)NCCN(CC(P(=O)(O)O)P(=O)(O)O)C(C)=O)cc(C(=O)NCCN(CC(P(=O)(O)O)P(=O)(O)O)C(C)=O)c1)CC(P(=O)(O)O)P(=O)(O)O. The van der Waals surface area contributed by atoms with Crippen LogP contribution in [0.1, 0.15) is 51.8 Å². The van der Waals surface area contributed by atoms with Gasteiger partial charge in [0.25, 0.3) is 17.7 Å². The number of rotatable bonds is 24. The number of carbonyl (C=O) groups is 6. The maximum absolute atomic E-state index is 13.3. The first-order chi connectivity index (χ1) is 28.3. The summed E-state index contributed by atoms with van der Waals surface area (Å²) in [6.45, 7) is -4.29. The Labute approximate surface area is 356 Å². The van der Waals surface area contributed by atoms with E-state index in [1.165, 1.54) is 0 Å². The molecular formula is C27H48N6O24P6. The Morgan fingerprint density at radius 1 is 0.413 bits per heavy atom. The van der Waals surface area contributed by atoms with Gasteiger partial charge in [0.2, 0.25) is 17.7 Å². The number of hydrogen-bond acceptors (Lipinski definition) is 12. The van der Waals surface area contributed by atoms with Crippen LogP contribution in [-0.4, -0.2) is 184 Å². The van der Waals surface area contributed by atoms with Gasteiger partial charge in [0, 0.05) is 96.4 Å². The summed E-state index contributed by atoms with van der Waals surface area (Å²) < 4.78 is 70.5. The molecule has 1 aromatic rings. The van der Waals surface area contributed by atoms with E-state index in [1.54, 1.807) is 0 Å². The van der Waals surface area contributed by atoms with Crippen LogP contribution in [0.25, 0.3) is 0 Å². The highest BCUT2D eigenvalue weighted by atomic mass is 31.2. The molecule has 0 atom stereocenters. The number of carbonyl (C=O) groups excluding carboxylic acids is 6. The molecule has 0 bridgehead atoms. The lowest BCUT2D eigenvalue weighted by Gasteiger charge is -2.27. The maximum Gasteiger partial charge on any atom is 0.342 e. The summed E-state index contributed by atoms with van der Waals surface area (Å²) in [5.74, 6) is -6.10. The fraction of sp³-hybridized carbons (Fsp3) is 0.556. The van der Waals surface area contributed by atoms with Gasteiger partial charge in [0.15, 0.2) is 16.2 Å². The zero-order chi connectivity index (χ0) is 49.3. The van der Waals surface area contributed by atoms with Crippen molar-refractivity contribution in [3.05, 3.63) is 34.9 Å². The Balaban J connectivity index is 3.47. The molecule has 0 radical (unpaired) electrons. The van der Waals surface area contributed by atoms with E-state index < -0.39 is 173 Å². The van der Waals surface area contributed by atoms with Crippen molar-refractivity contribution < 1.29 is 115 Å². The first-order valence-corrected chi connectivity index (χ1v) is 27.4. The van der Waals surface area contributed by atoms with Crippen molar-refractivity contribution in [3.8, 4) is 0 Å². The van der Waals surface area contributed by atoms with Gasteiger partial charge in [-0.15, -0.1) is 0 Å². The molecule has 15 N–H and O–H groups in total. The number of amides is 6. The molecule has 63 heavy (non-hydrogen) atoms. The van der Waals surface area contributed by atoms with Crippen molar-refractivity contribution in [3.63, 3.8) is 0 Å². The monoisotopic (exact) mass is 1030 g/mol. The van der Waals surface area contributed by atoms with Gasteiger partial charge in [0.1, 0.15) is 0 Å². The highest BCUT2D eigenvalue weighted by molar-refractivity contribution is 7.71. The van der Waals surface area contributed by atoms with Crippen molar-refractivity contribution in [2.24, 2.45) is 0 Å². The molecular weight excluding hydrogens is 978 g/mol. The molecule has 0 aliphatic rings. The van der Waals surface area contributed by atoms with E-state index in [0.29, 0.717) is 14.7 Å². The second kappa shape index (κ2) is 22.9. The van der Waals surface area contributed by atoms with E-state index in [-0.39, 0.29) is 0 Å². The zero-order valence-corrected chi connectivity index (χ0v) is 38.5. The van der Waals surface area contributed by atoms with Crippen LogP contribution in [0.15, 0.2) is 18.2 Å². The quantitative estimate of drug-likeness (QED) is 0.0446. The fourth-order valence-electron chi connectivity index (χ4n) is 5.19. The van der Waals surface area contributed by atoms with Gasteiger partial charge in [0.05, 0.1) is 0 Å². The molecule has 0 saturated heterocycles. The van der Waals surface area contributed by atoms with Crippen LogP contribution in [0.3, 0.4) is 0 Å². The topological polar surface area (TPSA) is 493 Å². The van der Waals surface area contributed by atoms with Crippen LogP contribution >= 0.6 is 45.6 Å². The predicted octanol–water partition coefficient (Wildman–Crippen LogP) is -3.53. The van der Waals surface area contributed by atoms with Crippen molar-refractivity contribution in [1.29, 1.82) is 0 Å². The number of nitrogens with zero attached hydrogens (tertiary/aromatic N) is 3. The summed E-state index contributed by atoms with van der Waals surface area (Å²) in [5.41, 5.74) is -1.46. The van der Waals surface area contributed by atoms with Gasteiger partial charge in [-0.25, -0.2) is 0 Å². The summed E-state index contributed by atoms with van der Waals surface area (Å²) in [6.07, 6.45) is 0. The third kappa shape index (κ3) is 19.5. The minimum absolute atomic E-state index is 0.488. The third-order valence-electron chi connectivity index (χ3n) is 8.54. The van der Waals surface area contributed by atoms with Crippen LogP contribution in [-0.2, 0) is 41.8 Å². The van der Waals surface area contributed by atoms with Crippen molar-refractivity contribution in [1.82, 2.24) is 30.7 Å². The lowest BCUT2D eigenvalue weighted by molar-refractivity contribution is -0.129. The van der Waals surface area contributed by atoms with Crippen LogP contribution in [0.2, 0.25) is 0 Å². The molecule has 0 saturated carbocycles. The van der Waals surface area contributed by atoms with Crippen LogP contribution in [0.4, 0.5) is 0 Å². The molecule has 1 rings (SSSR count). The molecule has 360 valence electrons. The van der Waals surface area contributed by atoms with E-state index >= 15 is 0 Å². The Morgan fingerprint density at radius 3 is 0.730 bits per heavy atom. The highest BCUT2D eigenvalue weighted by Crippen LogP contribution is 2.61. The Morgan fingerprint density at radius 2 is 0.587 bits per heavy atom. The first kappa shape index (κ1) is 58.0. The standard InChI is InChI=1S/C27H48N6O24P6/c1-16(34)31(13-22(58(40,41)42)59(43,44)45)7-4-28-25(37)19-10-20(26(38)29-5-8-32(17(2)35)14-23(60(46,47)48)61(49,50)51)12-21(11-19)27(39)30-6-9-33(18(3)36)15-24(62(52,53)54)63(55,56)57/h10-12,22-24H,4-9,13-15H2,1-3H3,(H,28,37)(H,29,38)(H,30,39)(H2,40,41,42)(H2,43,44,45)(H2,46,47,48)(H2,49,50,51)(H2,52,53,54)(H2,55,56,57). The normalized spacial score (nSPS) is 12.9. The number of nitrogens with one attached hydrogen (secondary N) is 3. The van der Waals surface area contributed by atoms with Crippen molar-refractivity contribution >= 4 is 81.0 Å². The minimum atomic E-state index is -5.48. The molecule has 1 aromatic carbocycles. The summed E-state index contributed by atoms with van der Waals surface area (Å²) in [5, 5.41) is -1.07. The lowest BCUT2D eigenvalue weighted by atomic mass is 10.0. The van der Waals surface area contributed by atoms with Gasteiger partial charge < -0.3 is 89.4 Å². The molecule has 30 nitrogen and oxygen atoms in total. The van der Waals surface area contributed by atoms with Crippen LogP contribution < -0.4 is 16.0 Å². The zero-order valence-electron chi connectivity index (χ0n) is 33.1. The Hall–Kier alpha value is -3.06. The average Bonchev–Trinajstić information content (AvgIpc) is 3.08. The molecule has 0 unspecified atom stereocenters. The summed E-state index contributed by atoms with van der Waals surface area (Å²) in [7, 11) is -32.9. The number of benzene rings is 1. The van der Waals surface area contributed by atoms with Crippen LogP contribution in [0, 0.1) is 0 Å². The van der Waals surface area contributed by atoms with Gasteiger partial charge in [-0.1, -0.05) is 0 Å². The van der Waals surface area contributed by atoms with Gasteiger partial charge in [-0.3, -0.25) is 56.2 Å². The summed E-state index contributed by atoms with van der Waals surface area (Å²) in [6, 6.07) is 2.68. The van der Waals surface area contributed by atoms with E-state index in [4.69, 9.17) is 0 Å². The average molecular weight is 1030 g/mol. The molecule has 0 aliphatic carbocycles. The lowest BCUT2D eigenvalue weighted by Crippen LogP contribution is -2.42. The molecule has 0 aliphatic heterocycles. The Kier molecular flexibility index (Phi) is 21.1. The molecule has 36 heteroatoms. The summed E-state index contributed by atoms with van der Waals surface area (Å²) in [4.78, 5) is 192. The Bertz CT molecular complexity index is 1860. The molecule has 0 spiro atoms. The largest absolute Gasteiger partial charge is 0.350 e. The summed E-state index contributed by atoms with van der Waals surface area (Å²) >= 11 is 0. The number of hydrogen-bond donors (Lipinski definition) is 15. The maximum atomic E-state index is 13.3. The van der Waals surface area contributed by atoms with Gasteiger partial charge in [-0.2, -0.15) is 0 Å². The first-order valence-electron chi connectivity index (χ1n) is 17.4. The van der Waals surface area contributed by atoms with Gasteiger partial charge >= 0.3 is 45.6 Å². The predicted molar refractivity (Wildman–Crippen MR) is 214 cm³/mol. The van der Waals surface area contributed by atoms with E-state index in [1.807, 2.05) is 0 Å². The second-order valence-electron chi connectivity index (χ2n) is 13.4. The molecule has 0 fully saturated rings. The molecule has 0 heterocycles. The third-order valence-corrected chi connectivity index (χ3v) is 19.6. The van der Waals surface area contributed by atoms with Crippen molar-refractivity contribution in [2.75, 3.05) is 58.9 Å². The van der Waals surface area contributed by atoms with Gasteiger partial charge in [-0.05, 0) is 18.2 Å². The smallest absolute Gasteiger partial charge is 0.342 e. The molecule has 0 aromatic heterocycles.